The lowest BCUT2D eigenvalue weighted by atomic mass is 10.2. The molecule has 126 valence electrons. The highest BCUT2D eigenvalue weighted by Crippen LogP contribution is 2.20. The lowest BCUT2D eigenvalue weighted by molar-refractivity contribution is 0.102. The second-order valence-corrected chi connectivity index (χ2v) is 5.85. The number of ether oxygens (including phenoxy) is 1. The second-order valence-electron chi connectivity index (χ2n) is 5.85. The zero-order chi connectivity index (χ0) is 17.1. The highest BCUT2D eigenvalue weighted by molar-refractivity contribution is 6.04. The van der Waals surface area contributed by atoms with Crippen LogP contribution in [0.25, 0.3) is 11.0 Å². The number of rotatable bonds is 3. The lowest BCUT2D eigenvalue weighted by Crippen LogP contribution is -2.36. The molecule has 0 spiro atoms. The van der Waals surface area contributed by atoms with Gasteiger partial charge in [0.2, 0.25) is 0 Å². The summed E-state index contributed by atoms with van der Waals surface area (Å²) in [5, 5.41) is 2.91. The van der Waals surface area contributed by atoms with Crippen LogP contribution in [0.2, 0.25) is 0 Å². The monoisotopic (exact) mass is 334 g/mol. The van der Waals surface area contributed by atoms with Crippen LogP contribution >= 0.6 is 0 Å². The van der Waals surface area contributed by atoms with Crippen LogP contribution in [0.3, 0.4) is 0 Å². The Labute approximate surface area is 145 Å². The van der Waals surface area contributed by atoms with Crippen LogP contribution in [0.1, 0.15) is 10.4 Å². The highest BCUT2D eigenvalue weighted by atomic mass is 16.5. The predicted octanol–water partition coefficient (Wildman–Crippen LogP) is 2.72. The maximum atomic E-state index is 12.3. The molecule has 0 atom stereocenters. The first-order valence-electron chi connectivity index (χ1n) is 8.25. The van der Waals surface area contributed by atoms with E-state index in [2.05, 4.69) is 15.2 Å². The fourth-order valence-corrected chi connectivity index (χ4v) is 2.82. The minimum atomic E-state index is -0.141. The summed E-state index contributed by atoms with van der Waals surface area (Å²) >= 11 is 0. The van der Waals surface area contributed by atoms with Gasteiger partial charge in [0.25, 0.3) is 5.91 Å². The van der Waals surface area contributed by atoms with E-state index in [1.807, 2.05) is 36.4 Å². The van der Waals surface area contributed by atoms with Crippen molar-refractivity contribution in [2.75, 3.05) is 36.5 Å². The first kappa shape index (κ1) is 15.5. The van der Waals surface area contributed by atoms with Crippen LogP contribution in [-0.2, 0) is 4.74 Å². The summed E-state index contributed by atoms with van der Waals surface area (Å²) in [4.78, 5) is 23.6. The number of carbonyl (C=O) groups excluding carboxylic acids is 1. The van der Waals surface area contributed by atoms with Crippen molar-refractivity contribution in [1.82, 2.24) is 9.97 Å². The molecule has 0 radical (unpaired) electrons. The van der Waals surface area contributed by atoms with Gasteiger partial charge in [-0.1, -0.05) is 18.2 Å². The van der Waals surface area contributed by atoms with Gasteiger partial charge in [-0.2, -0.15) is 0 Å². The minimum Gasteiger partial charge on any atom is -0.378 e. The van der Waals surface area contributed by atoms with Crippen molar-refractivity contribution in [3.05, 3.63) is 60.3 Å². The molecule has 1 fully saturated rings. The van der Waals surface area contributed by atoms with Gasteiger partial charge in [0.1, 0.15) is 5.82 Å². The van der Waals surface area contributed by atoms with Gasteiger partial charge < -0.3 is 15.0 Å². The van der Waals surface area contributed by atoms with Gasteiger partial charge >= 0.3 is 0 Å². The van der Waals surface area contributed by atoms with Crippen molar-refractivity contribution in [3.8, 4) is 0 Å². The molecule has 6 heteroatoms. The molecule has 0 aliphatic carbocycles. The zero-order valence-corrected chi connectivity index (χ0v) is 13.7. The van der Waals surface area contributed by atoms with E-state index in [4.69, 9.17) is 9.72 Å². The predicted molar refractivity (Wildman–Crippen MR) is 97.0 cm³/mol. The number of aromatic nitrogens is 2. The second kappa shape index (κ2) is 6.86. The van der Waals surface area contributed by atoms with Crippen LogP contribution < -0.4 is 10.2 Å². The van der Waals surface area contributed by atoms with Gasteiger partial charge in [0.15, 0.2) is 0 Å². The normalized spacial score (nSPS) is 14.5. The number of nitrogens with zero attached hydrogens (tertiary/aromatic N) is 3. The van der Waals surface area contributed by atoms with Gasteiger partial charge in [-0.05, 0) is 30.3 Å². The maximum Gasteiger partial charge on any atom is 0.255 e. The van der Waals surface area contributed by atoms with E-state index in [9.17, 15) is 4.79 Å². The summed E-state index contributed by atoms with van der Waals surface area (Å²) in [6.45, 7) is 3.02. The molecule has 1 aliphatic heterocycles. The summed E-state index contributed by atoms with van der Waals surface area (Å²) in [5.74, 6) is 0.694. The Kier molecular flexibility index (Phi) is 4.26. The molecule has 1 aliphatic rings. The largest absolute Gasteiger partial charge is 0.378 e. The summed E-state index contributed by atoms with van der Waals surface area (Å²) in [6.07, 6.45) is 1.79. The van der Waals surface area contributed by atoms with Crippen LogP contribution in [-0.4, -0.2) is 42.2 Å². The molecule has 1 aromatic heterocycles. The molecule has 1 amide bonds. The number of hydrogen-bond donors (Lipinski definition) is 1. The van der Waals surface area contributed by atoms with Crippen molar-refractivity contribution < 1.29 is 9.53 Å². The van der Waals surface area contributed by atoms with Crippen molar-refractivity contribution in [2.45, 2.75) is 0 Å². The topological polar surface area (TPSA) is 67.4 Å². The fourth-order valence-electron chi connectivity index (χ4n) is 2.82. The van der Waals surface area contributed by atoms with Crippen LogP contribution in [0.4, 0.5) is 11.5 Å². The Morgan fingerprint density at radius 1 is 1.04 bits per heavy atom. The Bertz CT molecular complexity index is 892. The van der Waals surface area contributed by atoms with Crippen molar-refractivity contribution >= 4 is 28.4 Å². The van der Waals surface area contributed by atoms with Crippen LogP contribution in [0.15, 0.2) is 54.7 Å². The first-order chi connectivity index (χ1) is 12.3. The molecule has 0 bridgehead atoms. The average molecular weight is 334 g/mol. The van der Waals surface area contributed by atoms with E-state index in [1.54, 1.807) is 18.3 Å². The van der Waals surface area contributed by atoms with E-state index < -0.39 is 0 Å². The number of nitrogens with one attached hydrogen (secondary N) is 1. The van der Waals surface area contributed by atoms with Gasteiger partial charge in [-0.3, -0.25) is 9.78 Å². The van der Waals surface area contributed by atoms with Crippen LogP contribution in [0, 0.1) is 0 Å². The lowest BCUT2D eigenvalue weighted by Gasteiger charge is -2.27. The average Bonchev–Trinajstić information content (AvgIpc) is 2.69. The van der Waals surface area contributed by atoms with Gasteiger partial charge in [0, 0.05) is 24.3 Å². The molecule has 4 rings (SSSR count). The number of benzene rings is 2. The SMILES string of the molecule is O=C(Nc1ccc2ncc(N3CCOCC3)nc2c1)c1ccccc1. The molecule has 1 saturated heterocycles. The fraction of sp³-hybridized carbons (Fsp3) is 0.211. The van der Waals surface area contributed by atoms with E-state index in [-0.39, 0.29) is 5.91 Å². The quantitative estimate of drug-likeness (QED) is 0.798. The number of amides is 1. The molecular formula is C19H18N4O2. The third-order valence-corrected chi connectivity index (χ3v) is 4.16. The summed E-state index contributed by atoms with van der Waals surface area (Å²) in [5.41, 5.74) is 2.88. The van der Waals surface area contributed by atoms with Gasteiger partial charge in [-0.15, -0.1) is 0 Å². The first-order valence-corrected chi connectivity index (χ1v) is 8.25. The Balaban J connectivity index is 1.59. The zero-order valence-electron chi connectivity index (χ0n) is 13.7. The van der Waals surface area contributed by atoms with E-state index in [0.717, 1.165) is 29.9 Å². The Morgan fingerprint density at radius 2 is 1.84 bits per heavy atom. The van der Waals surface area contributed by atoms with E-state index in [0.29, 0.717) is 24.5 Å². The van der Waals surface area contributed by atoms with Gasteiger partial charge in [-0.25, -0.2) is 4.98 Å². The molecule has 1 N–H and O–H groups in total. The molecule has 3 aromatic rings. The third kappa shape index (κ3) is 3.44. The minimum absolute atomic E-state index is 0.141. The third-order valence-electron chi connectivity index (χ3n) is 4.16. The smallest absolute Gasteiger partial charge is 0.255 e. The number of anilines is 2. The molecule has 0 saturated carbocycles. The molecule has 2 heterocycles. The molecule has 2 aromatic carbocycles. The highest BCUT2D eigenvalue weighted by Gasteiger charge is 2.13. The number of hydrogen-bond acceptors (Lipinski definition) is 5. The Morgan fingerprint density at radius 3 is 2.64 bits per heavy atom. The molecule has 25 heavy (non-hydrogen) atoms. The summed E-state index contributed by atoms with van der Waals surface area (Å²) in [7, 11) is 0. The number of carbonyl (C=O) groups is 1. The van der Waals surface area contributed by atoms with Crippen molar-refractivity contribution in [3.63, 3.8) is 0 Å². The standard InChI is InChI=1S/C19H18N4O2/c24-19(14-4-2-1-3-5-14)21-15-6-7-16-17(12-15)22-18(13-20-16)23-8-10-25-11-9-23/h1-7,12-13H,8-11H2,(H,21,24). The molecule has 6 nitrogen and oxygen atoms in total. The number of morpholine rings is 1. The van der Waals surface area contributed by atoms with Crippen molar-refractivity contribution in [2.24, 2.45) is 0 Å². The van der Waals surface area contributed by atoms with Crippen LogP contribution in [0.5, 0.6) is 0 Å². The van der Waals surface area contributed by atoms with Crippen molar-refractivity contribution in [1.29, 1.82) is 0 Å². The number of fused-ring (bicyclic) bond motifs is 1. The van der Waals surface area contributed by atoms with E-state index >= 15 is 0 Å². The maximum absolute atomic E-state index is 12.3. The van der Waals surface area contributed by atoms with E-state index in [1.165, 1.54) is 0 Å². The summed E-state index contributed by atoms with van der Waals surface area (Å²) in [6, 6.07) is 14.7. The Hall–Kier alpha value is -2.99. The molecule has 0 unspecified atom stereocenters. The van der Waals surface area contributed by atoms with Gasteiger partial charge in [0.05, 0.1) is 30.4 Å². The summed E-state index contributed by atoms with van der Waals surface area (Å²) < 4.78 is 5.38. The molecular weight excluding hydrogens is 316 g/mol.